The average Bonchev–Trinajstić information content (AvgIpc) is 2.48. The van der Waals surface area contributed by atoms with Crippen molar-refractivity contribution in [3.05, 3.63) is 35.5 Å². The Labute approximate surface area is 123 Å². The molecule has 2 aromatic rings. The Bertz CT molecular complexity index is 615. The molecule has 1 aromatic carbocycles. The van der Waals surface area contributed by atoms with Crippen LogP contribution in [0.3, 0.4) is 0 Å². The monoisotopic (exact) mass is 291 g/mol. The van der Waals surface area contributed by atoms with Crippen LogP contribution in [0.4, 0.5) is 5.69 Å². The first-order valence-corrected chi connectivity index (χ1v) is 7.02. The fraction of sp³-hybridized carbons (Fsp3) is 0.333. The van der Waals surface area contributed by atoms with Gasteiger partial charge in [0, 0.05) is 18.0 Å². The first-order valence-electron chi connectivity index (χ1n) is 6.65. The highest BCUT2D eigenvalue weighted by atomic mass is 35.5. The number of hydrogen-bond acceptors (Lipinski definition) is 3. The van der Waals surface area contributed by atoms with Gasteiger partial charge in [-0.3, -0.25) is 9.78 Å². The highest BCUT2D eigenvalue weighted by Crippen LogP contribution is 2.28. The van der Waals surface area contributed by atoms with Gasteiger partial charge in [0.1, 0.15) is 0 Å². The number of benzene rings is 1. The van der Waals surface area contributed by atoms with Crippen molar-refractivity contribution in [1.82, 2.24) is 4.98 Å². The Kier molecular flexibility index (Phi) is 4.93. The summed E-state index contributed by atoms with van der Waals surface area (Å²) in [4.78, 5) is 16.2. The first kappa shape index (κ1) is 14.8. The minimum Gasteiger partial charge on any atom is -0.330 e. The number of halogens is 1. The van der Waals surface area contributed by atoms with Crippen molar-refractivity contribution in [2.24, 2.45) is 11.7 Å². The highest BCUT2D eigenvalue weighted by Gasteiger charge is 2.09. The van der Waals surface area contributed by atoms with Crippen molar-refractivity contribution in [3.63, 3.8) is 0 Å². The molecule has 1 aromatic heterocycles. The number of carbonyl (C=O) groups is 1. The zero-order chi connectivity index (χ0) is 14.5. The lowest BCUT2D eigenvalue weighted by Crippen LogP contribution is -2.16. The third kappa shape index (κ3) is 3.46. The Morgan fingerprint density at radius 1 is 1.45 bits per heavy atom. The summed E-state index contributed by atoms with van der Waals surface area (Å²) in [6.07, 6.45) is 2.93. The molecule has 0 aliphatic heterocycles. The molecule has 1 atom stereocenters. The van der Waals surface area contributed by atoms with Gasteiger partial charge in [-0.05, 0) is 43.1 Å². The number of nitrogens with zero attached hydrogens (tertiary/aromatic N) is 1. The van der Waals surface area contributed by atoms with Crippen LogP contribution in [0.5, 0.6) is 0 Å². The second-order valence-electron chi connectivity index (χ2n) is 4.92. The third-order valence-corrected chi connectivity index (χ3v) is 3.57. The summed E-state index contributed by atoms with van der Waals surface area (Å²) in [5, 5.41) is 4.34. The minimum absolute atomic E-state index is 0.0159. The van der Waals surface area contributed by atoms with Crippen molar-refractivity contribution < 1.29 is 4.79 Å². The normalized spacial score (nSPS) is 12.3. The molecule has 1 heterocycles. The Hall–Kier alpha value is -1.65. The second kappa shape index (κ2) is 6.68. The van der Waals surface area contributed by atoms with Crippen molar-refractivity contribution in [2.45, 2.75) is 19.8 Å². The lowest BCUT2D eigenvalue weighted by molar-refractivity contribution is -0.116. The topological polar surface area (TPSA) is 68.0 Å². The number of nitrogens with one attached hydrogen (secondary N) is 1. The summed E-state index contributed by atoms with van der Waals surface area (Å²) in [5.41, 5.74) is 6.98. The molecule has 0 bridgehead atoms. The largest absolute Gasteiger partial charge is 0.330 e. The maximum absolute atomic E-state index is 12.0. The van der Waals surface area contributed by atoms with Gasteiger partial charge >= 0.3 is 0 Å². The van der Waals surface area contributed by atoms with Crippen molar-refractivity contribution in [1.29, 1.82) is 0 Å². The van der Waals surface area contributed by atoms with Crippen LogP contribution in [-0.2, 0) is 4.79 Å². The summed E-state index contributed by atoms with van der Waals surface area (Å²) >= 11 is 6.10. The van der Waals surface area contributed by atoms with Gasteiger partial charge in [-0.15, -0.1) is 0 Å². The van der Waals surface area contributed by atoms with Gasteiger partial charge in [0.05, 0.1) is 16.2 Å². The van der Waals surface area contributed by atoms with Gasteiger partial charge in [0.15, 0.2) is 0 Å². The molecule has 106 valence electrons. The lowest BCUT2D eigenvalue weighted by atomic mass is 10.1. The molecule has 0 radical (unpaired) electrons. The molecule has 0 aliphatic carbocycles. The van der Waals surface area contributed by atoms with E-state index in [1.807, 2.05) is 19.1 Å². The number of anilines is 1. The summed E-state index contributed by atoms with van der Waals surface area (Å²) in [5.74, 6) is 0.335. The molecule has 0 saturated heterocycles. The number of carbonyl (C=O) groups excluding carboxylic acids is 1. The number of fused-ring (bicyclic) bond motifs is 1. The Morgan fingerprint density at radius 3 is 3.00 bits per heavy atom. The van der Waals surface area contributed by atoms with Gasteiger partial charge < -0.3 is 11.1 Å². The van der Waals surface area contributed by atoms with Crippen LogP contribution in [0, 0.1) is 5.92 Å². The van der Waals surface area contributed by atoms with Crippen molar-refractivity contribution >= 4 is 34.1 Å². The van der Waals surface area contributed by atoms with E-state index in [0.29, 0.717) is 29.4 Å². The minimum atomic E-state index is -0.0159. The van der Waals surface area contributed by atoms with E-state index in [1.54, 1.807) is 18.3 Å². The number of amides is 1. The molecule has 0 spiro atoms. The van der Waals surface area contributed by atoms with E-state index in [0.717, 1.165) is 17.5 Å². The number of aromatic nitrogens is 1. The van der Waals surface area contributed by atoms with Gasteiger partial charge in [0.25, 0.3) is 0 Å². The quantitative estimate of drug-likeness (QED) is 0.889. The van der Waals surface area contributed by atoms with Crippen LogP contribution in [0.25, 0.3) is 10.9 Å². The molecule has 20 heavy (non-hydrogen) atoms. The standard InChI is InChI=1S/C15H18ClN3O/c1-10(9-17)4-7-14(20)19-13-6-5-12(16)15-11(13)3-2-8-18-15/h2-3,5-6,8,10H,4,7,9,17H2,1H3,(H,19,20). The number of pyridine rings is 1. The van der Waals surface area contributed by atoms with Crippen LogP contribution >= 0.6 is 11.6 Å². The van der Waals surface area contributed by atoms with Gasteiger partial charge in [-0.2, -0.15) is 0 Å². The van der Waals surface area contributed by atoms with Crippen LogP contribution in [0.1, 0.15) is 19.8 Å². The van der Waals surface area contributed by atoms with E-state index in [-0.39, 0.29) is 5.91 Å². The molecule has 0 aliphatic rings. The van der Waals surface area contributed by atoms with Gasteiger partial charge in [-0.25, -0.2) is 0 Å². The molecule has 2 rings (SSSR count). The van der Waals surface area contributed by atoms with Crippen molar-refractivity contribution in [3.8, 4) is 0 Å². The number of hydrogen-bond donors (Lipinski definition) is 2. The van der Waals surface area contributed by atoms with Crippen LogP contribution in [-0.4, -0.2) is 17.4 Å². The first-order chi connectivity index (χ1) is 9.61. The number of nitrogens with two attached hydrogens (primary N) is 1. The van der Waals surface area contributed by atoms with E-state index in [2.05, 4.69) is 10.3 Å². The molecule has 1 unspecified atom stereocenters. The maximum atomic E-state index is 12.0. The summed E-state index contributed by atoms with van der Waals surface area (Å²) in [7, 11) is 0. The molecule has 3 N–H and O–H groups in total. The molecule has 1 amide bonds. The fourth-order valence-corrected chi connectivity index (χ4v) is 2.17. The number of rotatable bonds is 5. The lowest BCUT2D eigenvalue weighted by Gasteiger charge is -2.11. The molecular formula is C15H18ClN3O. The maximum Gasteiger partial charge on any atom is 0.224 e. The zero-order valence-electron chi connectivity index (χ0n) is 11.4. The summed E-state index contributed by atoms with van der Waals surface area (Å²) in [6, 6.07) is 7.27. The van der Waals surface area contributed by atoms with Gasteiger partial charge in [0.2, 0.25) is 5.91 Å². The average molecular weight is 292 g/mol. The van der Waals surface area contributed by atoms with Crippen LogP contribution in [0.2, 0.25) is 5.02 Å². The fourth-order valence-electron chi connectivity index (χ4n) is 1.96. The summed E-state index contributed by atoms with van der Waals surface area (Å²) in [6.45, 7) is 2.63. The molecular weight excluding hydrogens is 274 g/mol. The van der Waals surface area contributed by atoms with E-state index in [9.17, 15) is 4.79 Å². The van der Waals surface area contributed by atoms with E-state index in [1.165, 1.54) is 0 Å². The summed E-state index contributed by atoms with van der Waals surface area (Å²) < 4.78 is 0. The highest BCUT2D eigenvalue weighted by molar-refractivity contribution is 6.35. The van der Waals surface area contributed by atoms with E-state index in [4.69, 9.17) is 17.3 Å². The smallest absolute Gasteiger partial charge is 0.224 e. The van der Waals surface area contributed by atoms with Crippen LogP contribution < -0.4 is 11.1 Å². The van der Waals surface area contributed by atoms with E-state index < -0.39 is 0 Å². The SMILES string of the molecule is CC(CN)CCC(=O)Nc1ccc(Cl)c2ncccc12. The predicted octanol–water partition coefficient (Wildman–Crippen LogP) is 3.20. The molecule has 0 fully saturated rings. The molecule has 4 nitrogen and oxygen atoms in total. The third-order valence-electron chi connectivity index (χ3n) is 3.26. The van der Waals surface area contributed by atoms with Crippen LogP contribution in [0.15, 0.2) is 30.5 Å². The van der Waals surface area contributed by atoms with Gasteiger partial charge in [-0.1, -0.05) is 18.5 Å². The molecule has 0 saturated carbocycles. The zero-order valence-corrected chi connectivity index (χ0v) is 12.2. The predicted molar refractivity (Wildman–Crippen MR) is 82.8 cm³/mol. The second-order valence-corrected chi connectivity index (χ2v) is 5.33. The Balaban J connectivity index is 2.14. The Morgan fingerprint density at radius 2 is 2.25 bits per heavy atom. The van der Waals surface area contributed by atoms with E-state index >= 15 is 0 Å². The molecule has 5 heteroatoms. The van der Waals surface area contributed by atoms with Crippen molar-refractivity contribution in [2.75, 3.05) is 11.9 Å².